The quantitative estimate of drug-likeness (QED) is 0.475. The number of aromatic nitrogens is 2. The molecule has 0 aliphatic heterocycles. The molecule has 17 heavy (non-hydrogen) atoms. The summed E-state index contributed by atoms with van der Waals surface area (Å²) in [4.78, 5) is 19.5. The first-order valence-corrected chi connectivity index (χ1v) is 6.43. The molecule has 0 unspecified atom stereocenters. The number of hydrogen-bond acceptors (Lipinski definition) is 6. The van der Waals surface area contributed by atoms with Crippen LogP contribution in [-0.2, 0) is 9.53 Å². The van der Waals surface area contributed by atoms with Crippen molar-refractivity contribution in [1.82, 2.24) is 9.97 Å². The monoisotopic (exact) mass is 255 g/mol. The van der Waals surface area contributed by atoms with Crippen molar-refractivity contribution in [3.63, 3.8) is 0 Å². The zero-order valence-corrected chi connectivity index (χ0v) is 11.1. The molecular weight excluding hydrogens is 238 g/mol. The summed E-state index contributed by atoms with van der Waals surface area (Å²) in [5.41, 5.74) is 1.02. The van der Waals surface area contributed by atoms with Crippen molar-refractivity contribution < 1.29 is 9.53 Å². The third-order valence-corrected chi connectivity index (χ3v) is 3.13. The van der Waals surface area contributed by atoms with Crippen molar-refractivity contribution in [3.8, 4) is 0 Å². The summed E-state index contributed by atoms with van der Waals surface area (Å²) in [5, 5.41) is 3.96. The molecule has 0 aliphatic rings. The molecule has 0 amide bonds. The molecule has 0 radical (unpaired) electrons. The van der Waals surface area contributed by atoms with E-state index in [0.717, 1.165) is 17.1 Å². The van der Waals surface area contributed by atoms with Crippen LogP contribution < -0.4 is 5.32 Å². The fourth-order valence-corrected chi connectivity index (χ4v) is 2.04. The highest BCUT2D eigenvalue weighted by molar-refractivity contribution is 7.99. The van der Waals surface area contributed by atoms with E-state index in [1.165, 1.54) is 18.9 Å². The number of carbonyl (C=O) groups excluding carboxylic acids is 1. The molecular formula is C11H17N3O2S. The average Bonchev–Trinajstić information content (AvgIpc) is 2.33. The molecule has 0 saturated heterocycles. The third kappa shape index (κ3) is 4.60. The van der Waals surface area contributed by atoms with E-state index < -0.39 is 0 Å². The first-order valence-electron chi connectivity index (χ1n) is 5.44. The fraction of sp³-hybridized carbons (Fsp3) is 0.545. The molecule has 1 N–H and O–H groups in total. The van der Waals surface area contributed by atoms with Crippen LogP contribution in [0, 0.1) is 6.92 Å². The van der Waals surface area contributed by atoms with Crippen LogP contribution in [0.25, 0.3) is 0 Å². The molecule has 0 bridgehead atoms. The number of nitrogens with one attached hydrogen (secondary N) is 1. The average molecular weight is 255 g/mol. The van der Waals surface area contributed by atoms with Crippen LogP contribution in [0.1, 0.15) is 18.9 Å². The molecule has 0 atom stereocenters. The molecule has 1 heterocycles. The van der Waals surface area contributed by atoms with Crippen LogP contribution in [-0.4, -0.2) is 35.3 Å². The van der Waals surface area contributed by atoms with E-state index in [-0.39, 0.29) is 5.97 Å². The van der Waals surface area contributed by atoms with Gasteiger partial charge in [-0.25, -0.2) is 9.97 Å². The van der Waals surface area contributed by atoms with Gasteiger partial charge < -0.3 is 10.1 Å². The van der Waals surface area contributed by atoms with E-state index in [1.54, 1.807) is 6.20 Å². The van der Waals surface area contributed by atoms with E-state index in [0.29, 0.717) is 18.1 Å². The maximum Gasteiger partial charge on any atom is 0.306 e. The molecule has 0 saturated carbocycles. The van der Waals surface area contributed by atoms with E-state index in [2.05, 4.69) is 20.0 Å². The zero-order valence-electron chi connectivity index (χ0n) is 10.3. The van der Waals surface area contributed by atoms with E-state index in [4.69, 9.17) is 0 Å². The second kappa shape index (κ2) is 7.11. The van der Waals surface area contributed by atoms with Crippen LogP contribution in [0.2, 0.25) is 0 Å². The van der Waals surface area contributed by atoms with E-state index in [9.17, 15) is 4.79 Å². The third-order valence-electron chi connectivity index (χ3n) is 2.03. The lowest BCUT2D eigenvalue weighted by Gasteiger charge is -2.06. The molecule has 0 aliphatic carbocycles. The van der Waals surface area contributed by atoms with Gasteiger partial charge in [0.1, 0.15) is 5.03 Å². The highest BCUT2D eigenvalue weighted by Gasteiger charge is 2.06. The smallest absolute Gasteiger partial charge is 0.306 e. The topological polar surface area (TPSA) is 64.1 Å². The van der Waals surface area contributed by atoms with Crippen LogP contribution in [0.5, 0.6) is 0 Å². The number of thioether (sulfide) groups is 1. The Balaban J connectivity index is 2.56. The molecule has 0 fully saturated rings. The summed E-state index contributed by atoms with van der Waals surface area (Å²) in [6.45, 7) is 4.73. The highest BCUT2D eigenvalue weighted by atomic mass is 32.2. The van der Waals surface area contributed by atoms with Gasteiger partial charge in [-0.1, -0.05) is 0 Å². The minimum Gasteiger partial charge on any atom is -0.469 e. The molecule has 94 valence electrons. The van der Waals surface area contributed by atoms with Gasteiger partial charge in [0.15, 0.2) is 0 Å². The molecule has 5 nitrogen and oxygen atoms in total. The van der Waals surface area contributed by atoms with Gasteiger partial charge in [0.2, 0.25) is 5.95 Å². The number of carbonyl (C=O) groups is 1. The van der Waals surface area contributed by atoms with Crippen LogP contribution in [0.3, 0.4) is 0 Å². The summed E-state index contributed by atoms with van der Waals surface area (Å²) >= 11 is 1.54. The number of anilines is 1. The molecule has 1 rings (SSSR count). The van der Waals surface area contributed by atoms with Crippen LogP contribution in [0.15, 0.2) is 11.2 Å². The molecule has 1 aromatic heterocycles. The fourth-order valence-electron chi connectivity index (χ4n) is 1.15. The number of ether oxygens (including phenoxy) is 1. The van der Waals surface area contributed by atoms with Gasteiger partial charge in [-0.05, 0) is 19.4 Å². The second-order valence-electron chi connectivity index (χ2n) is 3.39. The second-order valence-corrected chi connectivity index (χ2v) is 4.47. The van der Waals surface area contributed by atoms with Gasteiger partial charge in [-0.15, -0.1) is 11.8 Å². The normalized spacial score (nSPS) is 10.1. The van der Waals surface area contributed by atoms with Crippen molar-refractivity contribution in [3.05, 3.63) is 11.8 Å². The molecule has 6 heteroatoms. The Hall–Kier alpha value is -1.30. The Labute approximate surface area is 105 Å². The lowest BCUT2D eigenvalue weighted by molar-refractivity contribution is -0.140. The molecule has 1 aromatic rings. The zero-order chi connectivity index (χ0) is 12.7. The number of hydrogen-bond donors (Lipinski definition) is 1. The predicted octanol–water partition coefficient (Wildman–Crippen LogP) is 1.87. The van der Waals surface area contributed by atoms with Gasteiger partial charge in [-0.3, -0.25) is 4.79 Å². The Bertz CT molecular complexity index is 385. The minimum atomic E-state index is -0.198. The van der Waals surface area contributed by atoms with E-state index in [1.807, 2.05) is 13.8 Å². The van der Waals surface area contributed by atoms with Gasteiger partial charge >= 0.3 is 5.97 Å². The summed E-state index contributed by atoms with van der Waals surface area (Å²) in [7, 11) is 1.40. The Morgan fingerprint density at radius 3 is 3.00 bits per heavy atom. The van der Waals surface area contributed by atoms with Crippen LogP contribution in [0.4, 0.5) is 5.95 Å². The minimum absolute atomic E-state index is 0.198. The number of nitrogens with zero attached hydrogens (tertiary/aromatic N) is 2. The lowest BCUT2D eigenvalue weighted by atomic mass is 10.4. The molecule has 0 aromatic carbocycles. The lowest BCUT2D eigenvalue weighted by Crippen LogP contribution is -2.04. The number of methoxy groups -OCH3 is 1. The van der Waals surface area contributed by atoms with Crippen LogP contribution >= 0.6 is 11.8 Å². The maximum absolute atomic E-state index is 11.0. The van der Waals surface area contributed by atoms with Crippen molar-refractivity contribution >= 4 is 23.7 Å². The van der Waals surface area contributed by atoms with Crippen molar-refractivity contribution in [2.24, 2.45) is 0 Å². The van der Waals surface area contributed by atoms with Gasteiger partial charge in [-0.2, -0.15) is 0 Å². The number of aryl methyl sites for hydroxylation is 1. The first-order chi connectivity index (χ1) is 8.17. The summed E-state index contributed by atoms with van der Waals surface area (Å²) in [6, 6.07) is 0. The van der Waals surface area contributed by atoms with Gasteiger partial charge in [0.25, 0.3) is 0 Å². The summed E-state index contributed by atoms with van der Waals surface area (Å²) in [6.07, 6.45) is 2.17. The van der Waals surface area contributed by atoms with E-state index >= 15 is 0 Å². The standard InChI is InChI=1S/C11H17N3O2S/c1-4-12-11-13-7-8(2)10(14-11)17-6-5-9(15)16-3/h7H,4-6H2,1-3H3,(H,12,13,14). The Morgan fingerprint density at radius 1 is 1.59 bits per heavy atom. The van der Waals surface area contributed by atoms with Crippen molar-refractivity contribution in [2.45, 2.75) is 25.3 Å². The highest BCUT2D eigenvalue weighted by Crippen LogP contribution is 2.21. The van der Waals surface area contributed by atoms with Crippen molar-refractivity contribution in [1.29, 1.82) is 0 Å². The Morgan fingerprint density at radius 2 is 2.35 bits per heavy atom. The molecule has 0 spiro atoms. The van der Waals surface area contributed by atoms with Gasteiger partial charge in [0, 0.05) is 18.5 Å². The SMILES string of the molecule is CCNc1ncc(C)c(SCCC(=O)OC)n1. The number of rotatable bonds is 6. The number of esters is 1. The first kappa shape index (κ1) is 13.8. The largest absolute Gasteiger partial charge is 0.469 e. The van der Waals surface area contributed by atoms with Gasteiger partial charge in [0.05, 0.1) is 13.5 Å². The summed E-state index contributed by atoms with van der Waals surface area (Å²) in [5.74, 6) is 1.09. The predicted molar refractivity (Wildman–Crippen MR) is 68.3 cm³/mol. The summed E-state index contributed by atoms with van der Waals surface area (Å²) < 4.78 is 4.58. The maximum atomic E-state index is 11.0. The Kier molecular flexibility index (Phi) is 5.76. The van der Waals surface area contributed by atoms with Crippen molar-refractivity contribution in [2.75, 3.05) is 24.7 Å².